The van der Waals surface area contributed by atoms with Gasteiger partial charge in [0.2, 0.25) is 5.91 Å². The van der Waals surface area contributed by atoms with E-state index in [1.54, 1.807) is 0 Å². The molecule has 100 valence electrons. The first-order chi connectivity index (χ1) is 8.02. The summed E-state index contributed by atoms with van der Waals surface area (Å²) in [5, 5.41) is 3.13. The third-order valence-corrected chi connectivity index (χ3v) is 4.11. The normalized spacial score (nSPS) is 17.9. The highest BCUT2D eigenvalue weighted by atomic mass is 16.2. The Morgan fingerprint density at radius 2 is 1.82 bits per heavy atom. The zero-order valence-electron chi connectivity index (χ0n) is 11.6. The second-order valence-electron chi connectivity index (χ2n) is 5.98. The quantitative estimate of drug-likeness (QED) is 0.684. The minimum absolute atomic E-state index is 0.178. The third kappa shape index (κ3) is 3.70. The van der Waals surface area contributed by atoms with Crippen molar-refractivity contribution in [2.24, 2.45) is 16.6 Å². The zero-order valence-corrected chi connectivity index (χ0v) is 11.6. The SMILES string of the molecule is CCCC(CN)(CCC)C(=O)NCC1(C)CC1. The van der Waals surface area contributed by atoms with Crippen LogP contribution in [-0.4, -0.2) is 19.0 Å². The summed E-state index contributed by atoms with van der Waals surface area (Å²) in [4.78, 5) is 12.4. The maximum atomic E-state index is 12.4. The number of amides is 1. The molecule has 1 saturated carbocycles. The molecule has 0 aliphatic heterocycles. The van der Waals surface area contributed by atoms with Crippen LogP contribution in [0.2, 0.25) is 0 Å². The van der Waals surface area contributed by atoms with Crippen molar-refractivity contribution in [1.82, 2.24) is 5.32 Å². The predicted molar refractivity (Wildman–Crippen MR) is 71.7 cm³/mol. The van der Waals surface area contributed by atoms with Crippen LogP contribution in [-0.2, 0) is 4.79 Å². The summed E-state index contributed by atoms with van der Waals surface area (Å²) in [6.45, 7) is 7.76. The molecular formula is C14H28N2O. The number of carbonyl (C=O) groups excluding carboxylic acids is 1. The van der Waals surface area contributed by atoms with Crippen LogP contribution in [0.4, 0.5) is 0 Å². The number of carbonyl (C=O) groups is 1. The monoisotopic (exact) mass is 240 g/mol. The van der Waals surface area contributed by atoms with Crippen molar-refractivity contribution < 1.29 is 4.79 Å². The minimum Gasteiger partial charge on any atom is -0.355 e. The molecule has 0 aromatic heterocycles. The van der Waals surface area contributed by atoms with E-state index in [0.717, 1.165) is 32.2 Å². The fourth-order valence-corrected chi connectivity index (χ4v) is 2.48. The van der Waals surface area contributed by atoms with Gasteiger partial charge >= 0.3 is 0 Å². The Morgan fingerprint density at radius 1 is 1.29 bits per heavy atom. The summed E-state index contributed by atoms with van der Waals surface area (Å²) >= 11 is 0. The van der Waals surface area contributed by atoms with Crippen molar-refractivity contribution in [2.45, 2.75) is 59.3 Å². The molecule has 0 aromatic rings. The van der Waals surface area contributed by atoms with Crippen molar-refractivity contribution in [3.63, 3.8) is 0 Å². The Balaban J connectivity index is 2.56. The van der Waals surface area contributed by atoms with Gasteiger partial charge in [0.05, 0.1) is 5.41 Å². The molecule has 1 fully saturated rings. The van der Waals surface area contributed by atoms with Crippen LogP contribution in [0.15, 0.2) is 0 Å². The Hall–Kier alpha value is -0.570. The van der Waals surface area contributed by atoms with E-state index in [0.29, 0.717) is 12.0 Å². The summed E-state index contributed by atoms with van der Waals surface area (Å²) < 4.78 is 0. The fourth-order valence-electron chi connectivity index (χ4n) is 2.48. The molecule has 1 aliphatic rings. The van der Waals surface area contributed by atoms with E-state index in [1.807, 2.05) is 0 Å². The van der Waals surface area contributed by atoms with Crippen molar-refractivity contribution >= 4 is 5.91 Å². The van der Waals surface area contributed by atoms with Gasteiger partial charge in [0.25, 0.3) is 0 Å². The Kier molecular flexibility index (Phi) is 4.99. The van der Waals surface area contributed by atoms with Gasteiger partial charge in [-0.2, -0.15) is 0 Å². The standard InChI is InChI=1S/C14H28N2O/c1-4-6-14(10-15,7-5-2)12(17)16-11-13(3)8-9-13/h4-11,15H2,1-3H3,(H,16,17). The first kappa shape index (κ1) is 14.5. The van der Waals surface area contributed by atoms with Gasteiger partial charge < -0.3 is 11.1 Å². The first-order valence-corrected chi connectivity index (χ1v) is 7.00. The van der Waals surface area contributed by atoms with Crippen LogP contribution < -0.4 is 11.1 Å². The summed E-state index contributed by atoms with van der Waals surface area (Å²) in [6.07, 6.45) is 6.32. The van der Waals surface area contributed by atoms with Crippen molar-refractivity contribution in [3.8, 4) is 0 Å². The summed E-state index contributed by atoms with van der Waals surface area (Å²) in [7, 11) is 0. The molecule has 0 radical (unpaired) electrons. The Bertz CT molecular complexity index is 253. The van der Waals surface area contributed by atoms with E-state index in [4.69, 9.17) is 5.73 Å². The zero-order chi connectivity index (χ0) is 12.9. The summed E-state index contributed by atoms with van der Waals surface area (Å²) in [5.41, 5.74) is 5.92. The maximum Gasteiger partial charge on any atom is 0.227 e. The van der Waals surface area contributed by atoms with Crippen LogP contribution in [0.25, 0.3) is 0 Å². The second kappa shape index (κ2) is 5.85. The van der Waals surface area contributed by atoms with E-state index in [-0.39, 0.29) is 11.3 Å². The molecule has 0 bridgehead atoms. The molecule has 3 nitrogen and oxygen atoms in total. The van der Waals surface area contributed by atoms with E-state index >= 15 is 0 Å². The molecule has 0 unspecified atom stereocenters. The average Bonchev–Trinajstić information content (AvgIpc) is 3.04. The highest BCUT2D eigenvalue weighted by Gasteiger charge is 2.40. The van der Waals surface area contributed by atoms with Gasteiger partial charge in [-0.1, -0.05) is 33.6 Å². The second-order valence-corrected chi connectivity index (χ2v) is 5.98. The highest BCUT2D eigenvalue weighted by Crippen LogP contribution is 2.44. The van der Waals surface area contributed by atoms with E-state index < -0.39 is 0 Å². The maximum absolute atomic E-state index is 12.4. The van der Waals surface area contributed by atoms with Gasteiger partial charge in [-0.25, -0.2) is 0 Å². The summed E-state index contributed by atoms with van der Waals surface area (Å²) in [6, 6.07) is 0. The first-order valence-electron chi connectivity index (χ1n) is 7.00. The van der Waals surface area contributed by atoms with Crippen molar-refractivity contribution in [1.29, 1.82) is 0 Å². The molecule has 0 atom stereocenters. The molecule has 0 heterocycles. The number of hydrogen-bond donors (Lipinski definition) is 2. The molecule has 1 amide bonds. The Morgan fingerprint density at radius 3 is 2.18 bits per heavy atom. The molecule has 0 spiro atoms. The van der Waals surface area contributed by atoms with Gasteiger partial charge in [0, 0.05) is 13.1 Å². The molecule has 1 rings (SSSR count). The lowest BCUT2D eigenvalue weighted by atomic mass is 9.78. The van der Waals surface area contributed by atoms with Crippen LogP contribution in [0.3, 0.4) is 0 Å². The molecule has 3 N–H and O–H groups in total. The van der Waals surface area contributed by atoms with Crippen LogP contribution in [0.1, 0.15) is 59.3 Å². The van der Waals surface area contributed by atoms with E-state index in [1.165, 1.54) is 12.8 Å². The Labute approximate surface area is 106 Å². The molecule has 3 heteroatoms. The fraction of sp³-hybridized carbons (Fsp3) is 0.929. The predicted octanol–water partition coefficient (Wildman–Crippen LogP) is 2.45. The van der Waals surface area contributed by atoms with Crippen LogP contribution in [0, 0.1) is 10.8 Å². The number of nitrogens with one attached hydrogen (secondary N) is 1. The van der Waals surface area contributed by atoms with Gasteiger partial charge in [0.15, 0.2) is 0 Å². The molecule has 0 aromatic carbocycles. The largest absolute Gasteiger partial charge is 0.355 e. The number of hydrogen-bond acceptors (Lipinski definition) is 2. The summed E-state index contributed by atoms with van der Waals surface area (Å²) in [5.74, 6) is 0.178. The van der Waals surface area contributed by atoms with E-state index in [9.17, 15) is 4.79 Å². The third-order valence-electron chi connectivity index (χ3n) is 4.11. The molecule has 0 saturated heterocycles. The van der Waals surface area contributed by atoms with Crippen molar-refractivity contribution in [2.75, 3.05) is 13.1 Å². The molecule has 17 heavy (non-hydrogen) atoms. The average molecular weight is 240 g/mol. The van der Waals surface area contributed by atoms with Crippen LogP contribution >= 0.6 is 0 Å². The van der Waals surface area contributed by atoms with Gasteiger partial charge in [-0.15, -0.1) is 0 Å². The number of rotatable bonds is 8. The number of nitrogens with two attached hydrogens (primary N) is 1. The highest BCUT2D eigenvalue weighted by molar-refractivity contribution is 5.83. The topological polar surface area (TPSA) is 55.1 Å². The molecular weight excluding hydrogens is 212 g/mol. The van der Waals surface area contributed by atoms with Gasteiger partial charge in [-0.05, 0) is 31.1 Å². The smallest absolute Gasteiger partial charge is 0.227 e. The van der Waals surface area contributed by atoms with Crippen molar-refractivity contribution in [3.05, 3.63) is 0 Å². The lowest BCUT2D eigenvalue weighted by Crippen LogP contribution is -2.47. The lowest BCUT2D eigenvalue weighted by molar-refractivity contribution is -0.131. The molecule has 1 aliphatic carbocycles. The van der Waals surface area contributed by atoms with Gasteiger partial charge in [-0.3, -0.25) is 4.79 Å². The lowest BCUT2D eigenvalue weighted by Gasteiger charge is -2.31. The van der Waals surface area contributed by atoms with Crippen LogP contribution in [0.5, 0.6) is 0 Å². The van der Waals surface area contributed by atoms with E-state index in [2.05, 4.69) is 26.1 Å². The van der Waals surface area contributed by atoms with Gasteiger partial charge in [0.1, 0.15) is 0 Å². The minimum atomic E-state index is -0.325.